The first kappa shape index (κ1) is 21.1. The Hall–Kier alpha value is -3.19. The molecule has 1 aliphatic rings. The average molecular weight is 435 g/mol. The second-order valence-corrected chi connectivity index (χ2v) is 8.74. The summed E-state index contributed by atoms with van der Waals surface area (Å²) in [5.74, 6) is 0.900. The molecular formula is C24H26N4O2S. The number of carbonyl (C=O) groups excluding carboxylic acids is 2. The molecule has 0 aliphatic carbocycles. The number of rotatable bonds is 5. The highest BCUT2D eigenvalue weighted by Gasteiger charge is 2.21. The molecule has 1 aliphatic heterocycles. The minimum absolute atomic E-state index is 0.0444. The zero-order chi connectivity index (χ0) is 21.6. The normalized spacial score (nSPS) is 14.2. The summed E-state index contributed by atoms with van der Waals surface area (Å²) in [7, 11) is 0. The van der Waals surface area contributed by atoms with Gasteiger partial charge in [-0.1, -0.05) is 23.8 Å². The number of anilines is 2. The van der Waals surface area contributed by atoms with Crippen LogP contribution in [-0.2, 0) is 11.2 Å². The average Bonchev–Trinajstić information content (AvgIpc) is 3.15. The maximum Gasteiger partial charge on any atom is 0.253 e. The second-order valence-electron chi connectivity index (χ2n) is 7.71. The van der Waals surface area contributed by atoms with Crippen molar-refractivity contribution in [1.29, 1.82) is 0 Å². The van der Waals surface area contributed by atoms with Crippen molar-refractivity contribution in [2.45, 2.75) is 19.8 Å². The lowest BCUT2D eigenvalue weighted by Crippen LogP contribution is -2.35. The van der Waals surface area contributed by atoms with Gasteiger partial charge < -0.3 is 15.1 Å². The number of hydrogen-bond acceptors (Lipinski definition) is 5. The minimum Gasteiger partial charge on any atom is -0.355 e. The molecule has 0 radical (unpaired) electrons. The lowest BCUT2D eigenvalue weighted by atomic mass is 10.1. The number of thiophene rings is 1. The van der Waals surface area contributed by atoms with Crippen LogP contribution in [0.1, 0.15) is 27.2 Å². The number of amides is 2. The van der Waals surface area contributed by atoms with Gasteiger partial charge in [-0.05, 0) is 49.1 Å². The van der Waals surface area contributed by atoms with Crippen molar-refractivity contribution in [3.63, 3.8) is 0 Å². The highest BCUT2D eigenvalue weighted by molar-refractivity contribution is 7.10. The lowest BCUT2D eigenvalue weighted by Gasteiger charge is -2.23. The molecule has 160 valence electrons. The molecule has 3 heterocycles. The topological polar surface area (TPSA) is 65.5 Å². The third kappa shape index (κ3) is 5.49. The smallest absolute Gasteiger partial charge is 0.253 e. The predicted octanol–water partition coefficient (Wildman–Crippen LogP) is 3.99. The number of nitrogens with one attached hydrogen (secondary N) is 1. The third-order valence-electron chi connectivity index (χ3n) is 5.35. The summed E-state index contributed by atoms with van der Waals surface area (Å²) in [6, 6.07) is 15.5. The largest absolute Gasteiger partial charge is 0.355 e. The Morgan fingerprint density at radius 2 is 1.87 bits per heavy atom. The summed E-state index contributed by atoms with van der Waals surface area (Å²) in [4.78, 5) is 34.7. The van der Waals surface area contributed by atoms with Gasteiger partial charge in [-0.25, -0.2) is 4.98 Å². The van der Waals surface area contributed by atoms with Gasteiger partial charge in [0, 0.05) is 36.6 Å². The summed E-state index contributed by atoms with van der Waals surface area (Å²) in [5, 5.41) is 4.87. The molecule has 31 heavy (non-hydrogen) atoms. The molecule has 1 fully saturated rings. The first-order valence-electron chi connectivity index (χ1n) is 10.5. The van der Waals surface area contributed by atoms with Crippen LogP contribution in [0, 0.1) is 6.92 Å². The number of nitrogens with zero attached hydrogens (tertiary/aromatic N) is 3. The molecule has 0 saturated carbocycles. The monoisotopic (exact) mass is 434 g/mol. The van der Waals surface area contributed by atoms with E-state index in [4.69, 9.17) is 0 Å². The fourth-order valence-corrected chi connectivity index (χ4v) is 4.36. The molecule has 0 bridgehead atoms. The Morgan fingerprint density at radius 1 is 1.03 bits per heavy atom. The van der Waals surface area contributed by atoms with Gasteiger partial charge in [0.2, 0.25) is 5.91 Å². The van der Waals surface area contributed by atoms with E-state index in [0.29, 0.717) is 18.7 Å². The van der Waals surface area contributed by atoms with Crippen LogP contribution in [0.5, 0.6) is 0 Å². The maximum absolute atomic E-state index is 12.8. The van der Waals surface area contributed by atoms with Gasteiger partial charge in [0.05, 0.1) is 18.3 Å². The number of hydrogen-bond donors (Lipinski definition) is 1. The predicted molar refractivity (Wildman–Crippen MR) is 125 cm³/mol. The van der Waals surface area contributed by atoms with Gasteiger partial charge in [-0.3, -0.25) is 9.59 Å². The molecular weight excluding hydrogens is 408 g/mol. The number of benzene rings is 1. The SMILES string of the molecule is Cc1ccc(C(=O)N2CCCN(c3ccc(NC(=O)Cc4cccs4)cn3)CC2)cc1. The summed E-state index contributed by atoms with van der Waals surface area (Å²) in [5.41, 5.74) is 2.58. The first-order chi connectivity index (χ1) is 15.1. The standard InChI is InChI=1S/C24H26N4O2S/c1-18-5-7-19(8-6-18)24(30)28-12-3-11-27(13-14-28)22-10-9-20(17-25-22)26-23(29)16-21-4-2-15-31-21/h2,4-10,15,17H,3,11-14,16H2,1H3,(H,26,29). The van der Waals surface area contributed by atoms with Gasteiger partial charge in [0.1, 0.15) is 5.82 Å². The Balaban J connectivity index is 1.33. The van der Waals surface area contributed by atoms with E-state index < -0.39 is 0 Å². The third-order valence-corrected chi connectivity index (χ3v) is 6.23. The van der Waals surface area contributed by atoms with Crippen LogP contribution in [-0.4, -0.2) is 47.9 Å². The molecule has 2 amide bonds. The summed E-state index contributed by atoms with van der Waals surface area (Å²) in [6.07, 6.45) is 2.96. The van der Waals surface area contributed by atoms with E-state index in [1.54, 1.807) is 17.5 Å². The van der Waals surface area contributed by atoms with E-state index in [1.807, 2.05) is 65.7 Å². The van der Waals surface area contributed by atoms with Crippen molar-refractivity contribution >= 4 is 34.7 Å². The van der Waals surface area contributed by atoms with Crippen LogP contribution in [0.25, 0.3) is 0 Å². The molecule has 3 aromatic rings. The van der Waals surface area contributed by atoms with Crippen LogP contribution in [0.3, 0.4) is 0 Å². The van der Waals surface area contributed by atoms with Gasteiger partial charge in [0.15, 0.2) is 0 Å². The molecule has 7 heteroatoms. The lowest BCUT2D eigenvalue weighted by molar-refractivity contribution is -0.115. The van der Waals surface area contributed by atoms with Crippen molar-refractivity contribution in [2.75, 3.05) is 36.4 Å². The van der Waals surface area contributed by atoms with Gasteiger partial charge in [0.25, 0.3) is 5.91 Å². The van der Waals surface area contributed by atoms with Crippen molar-refractivity contribution in [2.24, 2.45) is 0 Å². The molecule has 1 aromatic carbocycles. The number of pyridine rings is 1. The molecule has 4 rings (SSSR count). The van der Waals surface area contributed by atoms with Crippen LogP contribution >= 0.6 is 11.3 Å². The van der Waals surface area contributed by atoms with Gasteiger partial charge >= 0.3 is 0 Å². The first-order valence-corrected chi connectivity index (χ1v) is 11.4. The quantitative estimate of drug-likeness (QED) is 0.660. The number of carbonyl (C=O) groups is 2. The highest BCUT2D eigenvalue weighted by atomic mass is 32.1. The molecule has 0 atom stereocenters. The number of aromatic nitrogens is 1. The van der Waals surface area contributed by atoms with E-state index in [2.05, 4.69) is 15.2 Å². The van der Waals surface area contributed by atoms with Crippen LogP contribution in [0.15, 0.2) is 60.1 Å². The highest BCUT2D eigenvalue weighted by Crippen LogP contribution is 2.18. The maximum atomic E-state index is 12.8. The van der Waals surface area contributed by atoms with E-state index >= 15 is 0 Å². The molecule has 2 aromatic heterocycles. The zero-order valence-electron chi connectivity index (χ0n) is 17.6. The van der Waals surface area contributed by atoms with Crippen molar-refractivity contribution in [3.05, 3.63) is 76.1 Å². The Kier molecular flexibility index (Phi) is 6.62. The Labute approximate surface area is 186 Å². The second kappa shape index (κ2) is 9.75. The van der Waals surface area contributed by atoms with Crippen molar-refractivity contribution in [1.82, 2.24) is 9.88 Å². The van der Waals surface area contributed by atoms with Crippen LogP contribution in [0.4, 0.5) is 11.5 Å². The van der Waals surface area contributed by atoms with E-state index in [9.17, 15) is 9.59 Å². The molecule has 1 saturated heterocycles. The molecule has 6 nitrogen and oxygen atoms in total. The van der Waals surface area contributed by atoms with Crippen LogP contribution in [0.2, 0.25) is 0 Å². The summed E-state index contributed by atoms with van der Waals surface area (Å²) >= 11 is 1.58. The van der Waals surface area contributed by atoms with Gasteiger partial charge in [-0.2, -0.15) is 0 Å². The minimum atomic E-state index is -0.0444. The number of aryl methyl sites for hydroxylation is 1. The molecule has 0 spiro atoms. The fraction of sp³-hybridized carbons (Fsp3) is 0.292. The molecule has 1 N–H and O–H groups in total. The molecule has 0 unspecified atom stereocenters. The van der Waals surface area contributed by atoms with E-state index in [-0.39, 0.29) is 11.8 Å². The zero-order valence-corrected chi connectivity index (χ0v) is 18.4. The summed E-state index contributed by atoms with van der Waals surface area (Å²) in [6.45, 7) is 4.99. The van der Waals surface area contributed by atoms with E-state index in [1.165, 1.54) is 0 Å². The van der Waals surface area contributed by atoms with E-state index in [0.717, 1.165) is 47.9 Å². The Bertz CT molecular complexity index is 1020. The van der Waals surface area contributed by atoms with Crippen molar-refractivity contribution < 1.29 is 9.59 Å². The Morgan fingerprint density at radius 3 is 2.58 bits per heavy atom. The van der Waals surface area contributed by atoms with Gasteiger partial charge in [-0.15, -0.1) is 11.3 Å². The summed E-state index contributed by atoms with van der Waals surface area (Å²) < 4.78 is 0. The fourth-order valence-electron chi connectivity index (χ4n) is 3.65. The van der Waals surface area contributed by atoms with Crippen LogP contribution < -0.4 is 10.2 Å². The van der Waals surface area contributed by atoms with Crippen molar-refractivity contribution in [3.8, 4) is 0 Å².